The highest BCUT2D eigenvalue weighted by Crippen LogP contribution is 2.47. The number of nitro benzene ring substituents is 2. The Morgan fingerprint density at radius 1 is 1.03 bits per heavy atom. The predicted octanol–water partition coefficient (Wildman–Crippen LogP) is 2.73. The standard InChI is InChI=1S/C18H17N3O9/c1-18(2)6-10(22)14(11(23)7-18)12-8(20(24)25)5-9(21(26)27)13-15(19-30-16(12)13)17-28-3-4-29-17/h5,14,17H,3-4,6-7H2,1-2H3. The number of rotatable bonds is 4. The van der Waals surface area contributed by atoms with Gasteiger partial charge in [0.1, 0.15) is 22.9 Å². The lowest BCUT2D eigenvalue weighted by Gasteiger charge is -2.31. The molecule has 1 aliphatic carbocycles. The first-order valence-corrected chi connectivity index (χ1v) is 9.14. The van der Waals surface area contributed by atoms with Crippen molar-refractivity contribution in [3.05, 3.63) is 37.6 Å². The van der Waals surface area contributed by atoms with E-state index in [2.05, 4.69) is 5.16 Å². The molecular weight excluding hydrogens is 402 g/mol. The number of ketones is 2. The van der Waals surface area contributed by atoms with Crippen LogP contribution < -0.4 is 0 Å². The third-order valence-corrected chi connectivity index (χ3v) is 5.25. The average molecular weight is 419 g/mol. The van der Waals surface area contributed by atoms with Gasteiger partial charge in [-0.25, -0.2) is 0 Å². The molecule has 0 amide bonds. The first-order valence-electron chi connectivity index (χ1n) is 9.14. The maximum Gasteiger partial charge on any atom is 0.289 e. The summed E-state index contributed by atoms with van der Waals surface area (Å²) in [5, 5.41) is 27.0. The Bertz CT molecular complexity index is 1080. The molecule has 1 saturated heterocycles. The van der Waals surface area contributed by atoms with Crippen molar-refractivity contribution < 1.29 is 33.4 Å². The van der Waals surface area contributed by atoms with Gasteiger partial charge >= 0.3 is 0 Å². The average Bonchev–Trinajstić information content (AvgIpc) is 3.28. The molecule has 158 valence electrons. The van der Waals surface area contributed by atoms with Crippen LogP contribution in [0, 0.1) is 25.6 Å². The van der Waals surface area contributed by atoms with E-state index < -0.39 is 50.4 Å². The van der Waals surface area contributed by atoms with Crippen LogP contribution in [0.4, 0.5) is 11.4 Å². The number of carbonyl (C=O) groups is 2. The van der Waals surface area contributed by atoms with E-state index >= 15 is 0 Å². The summed E-state index contributed by atoms with van der Waals surface area (Å²) in [7, 11) is 0. The van der Waals surface area contributed by atoms with Gasteiger partial charge in [0.25, 0.3) is 11.4 Å². The number of Topliss-reactive ketones (excluding diaryl/α,β-unsaturated/α-hetero) is 2. The molecule has 4 rings (SSSR count). The number of benzene rings is 1. The molecule has 2 aromatic rings. The summed E-state index contributed by atoms with van der Waals surface area (Å²) in [5.74, 6) is -2.49. The van der Waals surface area contributed by atoms with Gasteiger partial charge in [0.2, 0.25) is 6.29 Å². The number of nitrogens with zero attached hydrogens (tertiary/aromatic N) is 3. The molecule has 2 aliphatic rings. The Morgan fingerprint density at radius 3 is 2.13 bits per heavy atom. The molecule has 0 N–H and O–H groups in total. The van der Waals surface area contributed by atoms with E-state index in [1.54, 1.807) is 13.8 Å². The van der Waals surface area contributed by atoms with Gasteiger partial charge in [0.05, 0.1) is 34.7 Å². The molecule has 0 bridgehead atoms. The lowest BCUT2D eigenvalue weighted by molar-refractivity contribution is -0.393. The van der Waals surface area contributed by atoms with Gasteiger partial charge < -0.3 is 14.0 Å². The summed E-state index contributed by atoms with van der Waals surface area (Å²) >= 11 is 0. The number of non-ortho nitro benzene ring substituents is 1. The predicted molar refractivity (Wildman–Crippen MR) is 97.7 cm³/mol. The number of hydrogen-bond acceptors (Lipinski definition) is 10. The smallest absolute Gasteiger partial charge is 0.289 e. The zero-order valence-electron chi connectivity index (χ0n) is 16.1. The van der Waals surface area contributed by atoms with Gasteiger partial charge in [-0.2, -0.15) is 0 Å². The highest BCUT2D eigenvalue weighted by Gasteiger charge is 2.46. The third-order valence-electron chi connectivity index (χ3n) is 5.25. The zero-order chi connectivity index (χ0) is 21.8. The minimum atomic E-state index is -1.46. The van der Waals surface area contributed by atoms with Gasteiger partial charge in [0, 0.05) is 12.8 Å². The van der Waals surface area contributed by atoms with E-state index in [9.17, 15) is 29.8 Å². The summed E-state index contributed by atoms with van der Waals surface area (Å²) in [6, 6.07) is 0.730. The second-order valence-electron chi connectivity index (χ2n) is 8.07. The van der Waals surface area contributed by atoms with Crippen LogP contribution in [0.25, 0.3) is 11.0 Å². The largest absolute Gasteiger partial charge is 0.355 e. The normalized spacial score (nSPS) is 20.2. The van der Waals surface area contributed by atoms with Crippen LogP contribution in [0.5, 0.6) is 0 Å². The summed E-state index contributed by atoms with van der Waals surface area (Å²) in [6.07, 6.45) is -1.01. The van der Waals surface area contributed by atoms with Gasteiger partial charge in [-0.15, -0.1) is 0 Å². The molecule has 1 aromatic heterocycles. The first-order chi connectivity index (χ1) is 14.1. The molecule has 1 aliphatic heterocycles. The van der Waals surface area contributed by atoms with Crippen LogP contribution >= 0.6 is 0 Å². The summed E-state index contributed by atoms with van der Waals surface area (Å²) in [6.45, 7) is 3.95. The van der Waals surface area contributed by atoms with Crippen LogP contribution in [-0.2, 0) is 19.1 Å². The lowest BCUT2D eigenvalue weighted by atomic mass is 9.69. The van der Waals surface area contributed by atoms with E-state index in [0.29, 0.717) is 0 Å². The quantitative estimate of drug-likeness (QED) is 0.408. The molecule has 12 heteroatoms. The lowest BCUT2D eigenvalue weighted by Crippen LogP contribution is -2.36. The van der Waals surface area contributed by atoms with Gasteiger partial charge in [0.15, 0.2) is 11.3 Å². The maximum absolute atomic E-state index is 12.8. The zero-order valence-corrected chi connectivity index (χ0v) is 16.1. The summed E-state index contributed by atoms with van der Waals surface area (Å²) in [4.78, 5) is 47.4. The molecule has 0 spiro atoms. The van der Waals surface area contributed by atoms with Crippen LogP contribution in [0.1, 0.15) is 50.2 Å². The van der Waals surface area contributed by atoms with Gasteiger partial charge in [-0.05, 0) is 5.41 Å². The molecule has 1 saturated carbocycles. The number of hydrogen-bond donors (Lipinski definition) is 0. The number of ether oxygens (including phenoxy) is 2. The molecular formula is C18H17N3O9. The fourth-order valence-electron chi connectivity index (χ4n) is 4.09. The Labute approximate surface area is 168 Å². The minimum absolute atomic E-state index is 0.0227. The minimum Gasteiger partial charge on any atom is -0.355 e. The van der Waals surface area contributed by atoms with Crippen LogP contribution in [0.15, 0.2) is 10.6 Å². The molecule has 2 fully saturated rings. The second-order valence-corrected chi connectivity index (χ2v) is 8.07. The maximum atomic E-state index is 12.8. The Morgan fingerprint density at radius 2 is 1.60 bits per heavy atom. The first kappa shape index (κ1) is 20.0. The van der Waals surface area contributed by atoms with Crippen LogP contribution in [0.2, 0.25) is 0 Å². The molecule has 0 atom stereocenters. The van der Waals surface area contributed by atoms with Gasteiger partial charge in [-0.1, -0.05) is 19.0 Å². The monoisotopic (exact) mass is 419 g/mol. The topological polar surface area (TPSA) is 165 Å². The Kier molecular flexibility index (Phi) is 4.62. The van der Waals surface area contributed by atoms with Crippen molar-refractivity contribution in [3.63, 3.8) is 0 Å². The number of carbonyl (C=O) groups excluding carboxylic acids is 2. The highest BCUT2D eigenvalue weighted by atomic mass is 16.7. The fraction of sp³-hybridized carbons (Fsp3) is 0.500. The molecule has 0 unspecified atom stereocenters. The van der Waals surface area contributed by atoms with Crippen molar-refractivity contribution in [1.82, 2.24) is 5.16 Å². The summed E-state index contributed by atoms with van der Waals surface area (Å²) in [5.41, 5.74) is -2.71. The third kappa shape index (κ3) is 3.13. The summed E-state index contributed by atoms with van der Waals surface area (Å²) < 4.78 is 15.9. The second kappa shape index (κ2) is 6.92. The molecule has 1 aromatic carbocycles. The molecule has 12 nitrogen and oxygen atoms in total. The van der Waals surface area contributed by atoms with Crippen molar-refractivity contribution in [2.75, 3.05) is 13.2 Å². The van der Waals surface area contributed by atoms with Gasteiger partial charge in [-0.3, -0.25) is 29.8 Å². The number of aromatic nitrogens is 1. The van der Waals surface area contributed by atoms with E-state index in [1.165, 1.54) is 0 Å². The van der Waals surface area contributed by atoms with Crippen molar-refractivity contribution >= 4 is 33.9 Å². The molecule has 30 heavy (non-hydrogen) atoms. The Hall–Kier alpha value is -3.25. The fourth-order valence-corrected chi connectivity index (χ4v) is 4.09. The van der Waals surface area contributed by atoms with Crippen molar-refractivity contribution in [2.24, 2.45) is 5.41 Å². The van der Waals surface area contributed by atoms with E-state index in [0.717, 1.165) is 6.07 Å². The van der Waals surface area contributed by atoms with E-state index in [4.69, 9.17) is 14.0 Å². The van der Waals surface area contributed by atoms with E-state index in [-0.39, 0.29) is 48.3 Å². The van der Waals surface area contributed by atoms with E-state index in [1.807, 2.05) is 0 Å². The SMILES string of the molecule is CC1(C)CC(=O)C(c2c([N+](=O)[O-])cc([N+](=O)[O-])c3c(C4OCCO4)noc23)C(=O)C1. The number of fused-ring (bicyclic) bond motifs is 1. The number of nitro groups is 2. The van der Waals surface area contributed by atoms with Crippen molar-refractivity contribution in [3.8, 4) is 0 Å². The van der Waals surface area contributed by atoms with Crippen molar-refractivity contribution in [2.45, 2.75) is 38.9 Å². The Balaban J connectivity index is 2.01. The van der Waals surface area contributed by atoms with Crippen LogP contribution in [-0.4, -0.2) is 39.8 Å². The molecule has 0 radical (unpaired) electrons. The molecule has 2 heterocycles. The highest BCUT2D eigenvalue weighted by molar-refractivity contribution is 6.13. The van der Waals surface area contributed by atoms with Crippen molar-refractivity contribution in [1.29, 1.82) is 0 Å². The van der Waals surface area contributed by atoms with Crippen LogP contribution in [0.3, 0.4) is 0 Å².